The van der Waals surface area contributed by atoms with Crippen LogP contribution < -0.4 is 0 Å². The minimum absolute atomic E-state index is 0.0155. The summed E-state index contributed by atoms with van der Waals surface area (Å²) in [5.74, 6) is 0. The van der Waals surface area contributed by atoms with Crippen LogP contribution in [-0.4, -0.2) is 61.0 Å². The quantitative estimate of drug-likeness (QED) is 0.193. The number of rotatable bonds is 8. The summed E-state index contributed by atoms with van der Waals surface area (Å²) in [7, 11) is 12.9. The van der Waals surface area contributed by atoms with Crippen LogP contribution >= 0.6 is 139 Å². The van der Waals surface area contributed by atoms with Gasteiger partial charge in [-0.2, -0.15) is 0 Å². The average Bonchev–Trinajstić information content (AvgIpc) is 2.59. The van der Waals surface area contributed by atoms with E-state index < -0.39 is 37.3 Å². The Kier molecular flexibility index (Phi) is 12.1. The van der Waals surface area contributed by atoms with E-state index in [-0.39, 0.29) is 22.3 Å². The highest BCUT2D eigenvalue weighted by atomic mass is 35.5. The van der Waals surface area contributed by atoms with Gasteiger partial charge in [0.1, 0.15) is 0 Å². The van der Waals surface area contributed by atoms with E-state index in [0.29, 0.717) is 5.56 Å². The highest BCUT2D eigenvalue weighted by Crippen LogP contribution is 2.58. The third-order valence-electron chi connectivity index (χ3n) is 4.16. The minimum Gasteiger partial charge on any atom is -0.124 e. The monoisotopic (exact) mass is 720 g/mol. The van der Waals surface area contributed by atoms with Crippen molar-refractivity contribution in [3.63, 3.8) is 0 Å². The normalized spacial score (nSPS) is 18.0. The fourth-order valence-electron chi connectivity index (χ4n) is 2.71. The van der Waals surface area contributed by atoms with Crippen molar-refractivity contribution < 1.29 is 0 Å². The van der Waals surface area contributed by atoms with E-state index in [1.165, 1.54) is 6.07 Å². The van der Waals surface area contributed by atoms with Gasteiger partial charge in [0.05, 0.1) is 61.0 Å². The topological polar surface area (TPSA) is 0 Å². The van der Waals surface area contributed by atoms with E-state index in [1.54, 1.807) is 6.92 Å². The molecule has 4 unspecified atom stereocenters. The van der Waals surface area contributed by atoms with Gasteiger partial charge < -0.3 is 0 Å². The zero-order valence-corrected chi connectivity index (χ0v) is 28.0. The molecule has 0 saturated heterocycles. The molecule has 0 aliphatic heterocycles. The molecule has 0 fully saturated rings. The zero-order chi connectivity index (χ0) is 24.9. The highest BCUT2D eigenvalue weighted by Gasteiger charge is 2.52. The molecule has 0 nitrogen and oxygen atoms in total. The minimum atomic E-state index is -1.96. The average molecular weight is 726 g/mol. The fraction of sp³-hybridized carbons (Fsp3) is 0.600. The van der Waals surface area contributed by atoms with Gasteiger partial charge in [-0.1, -0.05) is 98.9 Å². The molecule has 1 aromatic carbocycles. The van der Waals surface area contributed by atoms with Crippen LogP contribution in [0, 0.1) is 6.92 Å². The lowest BCUT2D eigenvalue weighted by Crippen LogP contribution is -2.40. The molecular weight excluding hydrogens is 718 g/mol. The maximum atomic E-state index is 6.70. The molecule has 16 heteroatoms. The van der Waals surface area contributed by atoms with Crippen molar-refractivity contribution in [3.8, 4) is 0 Å². The summed E-state index contributed by atoms with van der Waals surface area (Å²) in [6.45, 7) is 1.65. The second kappa shape index (κ2) is 11.5. The van der Waals surface area contributed by atoms with E-state index in [0.717, 1.165) is 0 Å². The fourth-order valence-corrected chi connectivity index (χ4v) is 5.30. The van der Waals surface area contributed by atoms with E-state index in [9.17, 15) is 0 Å². The Morgan fingerprint density at radius 1 is 0.548 bits per heavy atom. The maximum Gasteiger partial charge on any atom is 0.156 e. The molecule has 0 N–H and O–H groups in total. The summed E-state index contributed by atoms with van der Waals surface area (Å²) in [6.07, 6.45) is 0. The van der Waals surface area contributed by atoms with Crippen molar-refractivity contribution in [1.82, 2.24) is 0 Å². The predicted octanol–water partition coefficient (Wildman–Crippen LogP) is 7.45. The first-order valence-corrected chi connectivity index (χ1v) is 14.9. The first kappa shape index (κ1) is 32.6. The highest BCUT2D eigenvalue weighted by molar-refractivity contribution is 6.62. The van der Waals surface area contributed by atoms with Gasteiger partial charge >= 0.3 is 0 Å². The molecule has 0 saturated carbocycles. The van der Waals surface area contributed by atoms with Crippen molar-refractivity contribution in [2.24, 2.45) is 0 Å². The molecule has 0 bridgehead atoms. The van der Waals surface area contributed by atoms with Gasteiger partial charge in [-0.25, -0.2) is 0 Å². The van der Waals surface area contributed by atoms with Crippen molar-refractivity contribution in [2.75, 3.05) is 0 Å². The summed E-state index contributed by atoms with van der Waals surface area (Å²) in [4.78, 5) is 0. The van der Waals surface area contributed by atoms with Crippen molar-refractivity contribution >= 4 is 180 Å². The van der Waals surface area contributed by atoms with Gasteiger partial charge in [0, 0.05) is 11.1 Å². The molecular formula is C15H8Cl12Si4. The van der Waals surface area contributed by atoms with Crippen LogP contribution in [0.2, 0.25) is 0 Å². The second-order valence-corrected chi connectivity index (χ2v) is 17.4. The zero-order valence-electron chi connectivity index (χ0n) is 14.9. The molecule has 0 aliphatic rings. The van der Waals surface area contributed by atoms with Crippen molar-refractivity contribution in [1.29, 1.82) is 0 Å². The molecule has 1 rings (SSSR count). The lowest BCUT2D eigenvalue weighted by molar-refractivity contribution is 0.766. The number of hydrogen-bond acceptors (Lipinski definition) is 0. The Balaban J connectivity index is 4.51. The molecule has 4 atom stereocenters. The molecule has 0 aliphatic carbocycles. The van der Waals surface area contributed by atoms with Gasteiger partial charge in [0.15, 0.2) is 17.3 Å². The summed E-state index contributed by atoms with van der Waals surface area (Å²) >= 11 is 78.2. The van der Waals surface area contributed by atoms with E-state index in [1.807, 2.05) is 0 Å². The summed E-state index contributed by atoms with van der Waals surface area (Å²) in [6, 6.07) is 1.53. The van der Waals surface area contributed by atoms with Gasteiger partial charge in [-0.3, -0.25) is 0 Å². The molecule has 168 valence electrons. The predicted molar refractivity (Wildman–Crippen MR) is 146 cm³/mol. The van der Waals surface area contributed by atoms with Crippen LogP contribution in [0.25, 0.3) is 0 Å². The number of benzene rings is 1. The third kappa shape index (κ3) is 6.53. The van der Waals surface area contributed by atoms with Gasteiger partial charge in [0.25, 0.3) is 0 Å². The molecule has 31 heavy (non-hydrogen) atoms. The largest absolute Gasteiger partial charge is 0.156 e. The Labute approximate surface area is 255 Å². The number of alkyl halides is 12. The standard InChI is InChI=1S/C15H8Cl12Si4/c1-3-2-4(12(20,21)8(16)28)6(14(24,25)10(18)30)7(15(26,27)11(19)31)5(3)13(22,23)9(17)29/h2,8-11H,1H3. The molecule has 0 spiro atoms. The molecule has 0 aromatic heterocycles. The second-order valence-electron chi connectivity index (χ2n) is 6.31. The summed E-state index contributed by atoms with van der Waals surface area (Å²) in [5, 5.41) is -4.27. The molecule has 1 aromatic rings. The van der Waals surface area contributed by atoms with Crippen LogP contribution in [0.4, 0.5) is 0 Å². The first-order chi connectivity index (χ1) is 13.7. The molecule has 0 heterocycles. The molecule has 12 radical (unpaired) electrons. The van der Waals surface area contributed by atoms with Gasteiger partial charge in [0.2, 0.25) is 0 Å². The third-order valence-corrected chi connectivity index (χ3v) is 12.8. The Morgan fingerprint density at radius 2 is 0.839 bits per heavy atom. The Hall–Kier alpha value is 3.57. The van der Waals surface area contributed by atoms with Crippen LogP contribution in [0.5, 0.6) is 0 Å². The van der Waals surface area contributed by atoms with E-state index in [4.69, 9.17) is 139 Å². The summed E-state index contributed by atoms with van der Waals surface area (Å²) < 4.78 is -7.54. The Morgan fingerprint density at radius 3 is 1.16 bits per heavy atom. The Bertz CT molecular complexity index is 808. The lowest BCUT2D eigenvalue weighted by atomic mass is 9.85. The van der Waals surface area contributed by atoms with Gasteiger partial charge in [-0.15, -0.1) is 46.4 Å². The van der Waals surface area contributed by atoms with Crippen molar-refractivity contribution in [3.05, 3.63) is 33.9 Å². The van der Waals surface area contributed by atoms with Crippen molar-refractivity contribution in [2.45, 2.75) is 44.3 Å². The van der Waals surface area contributed by atoms with E-state index in [2.05, 4.69) is 41.0 Å². The first-order valence-electron chi connectivity index (χ1n) is 7.77. The SMILES string of the molecule is Cc1cc(C(Cl)(Cl)C([Si])Cl)c(C(Cl)(Cl)C([Si])Cl)c(C(Cl)(Cl)C([Si])Cl)c1C(Cl)(Cl)C([Si])Cl. The lowest BCUT2D eigenvalue weighted by Gasteiger charge is -2.41. The number of aryl methyl sites for hydroxylation is 1. The smallest absolute Gasteiger partial charge is 0.124 e. The summed E-state index contributed by atoms with van der Waals surface area (Å²) in [5.41, 5.74) is 0.658. The van der Waals surface area contributed by atoms with Crippen LogP contribution in [-0.2, 0) is 17.3 Å². The maximum absolute atomic E-state index is 6.70. The van der Waals surface area contributed by atoms with E-state index >= 15 is 0 Å². The van der Waals surface area contributed by atoms with Crippen LogP contribution in [0.15, 0.2) is 6.07 Å². The number of hydrogen-bond donors (Lipinski definition) is 0. The number of halogens is 12. The van der Waals surface area contributed by atoms with Crippen LogP contribution in [0.3, 0.4) is 0 Å². The van der Waals surface area contributed by atoms with Gasteiger partial charge in [-0.05, 0) is 23.6 Å². The van der Waals surface area contributed by atoms with Crippen LogP contribution in [0.1, 0.15) is 27.8 Å². The molecule has 0 amide bonds.